The zero-order valence-corrected chi connectivity index (χ0v) is 15.6. The maximum atomic E-state index is 12.8. The zero-order chi connectivity index (χ0) is 18.1. The molecule has 5 heteroatoms. The van der Waals surface area contributed by atoms with E-state index in [2.05, 4.69) is 49.2 Å². The summed E-state index contributed by atoms with van der Waals surface area (Å²) in [4.78, 5) is 16.0. The number of nitrogens with zero attached hydrogens (tertiary/aromatic N) is 2. The van der Waals surface area contributed by atoms with E-state index < -0.39 is 0 Å². The Hall–Kier alpha value is -2.56. The quantitative estimate of drug-likeness (QED) is 0.732. The van der Waals surface area contributed by atoms with Gasteiger partial charge < -0.3 is 10.3 Å². The highest BCUT2D eigenvalue weighted by Gasteiger charge is 2.22. The molecule has 1 aromatic carbocycles. The fourth-order valence-corrected chi connectivity index (χ4v) is 3.57. The van der Waals surface area contributed by atoms with Gasteiger partial charge in [0.2, 0.25) is 0 Å². The van der Waals surface area contributed by atoms with Gasteiger partial charge in [0.05, 0.1) is 11.7 Å². The molecule has 2 aromatic heterocycles. The number of aryl methyl sites for hydroxylation is 3. The second kappa shape index (κ2) is 6.75. The lowest BCUT2D eigenvalue weighted by atomic mass is 10.0. The summed E-state index contributed by atoms with van der Waals surface area (Å²) >= 11 is 0. The Balaban J connectivity index is 1.89. The Morgan fingerprint density at radius 3 is 2.64 bits per heavy atom. The third kappa shape index (κ3) is 3.06. The summed E-state index contributed by atoms with van der Waals surface area (Å²) in [7, 11) is 0. The van der Waals surface area contributed by atoms with Crippen LogP contribution in [0.5, 0.6) is 0 Å². The predicted octanol–water partition coefficient (Wildman–Crippen LogP) is 4.19. The van der Waals surface area contributed by atoms with Crippen LogP contribution in [-0.4, -0.2) is 20.7 Å². The van der Waals surface area contributed by atoms with Gasteiger partial charge in [-0.1, -0.05) is 19.1 Å². The van der Waals surface area contributed by atoms with Crippen molar-refractivity contribution >= 4 is 16.8 Å². The molecule has 0 aliphatic heterocycles. The van der Waals surface area contributed by atoms with Crippen molar-refractivity contribution in [3.63, 3.8) is 0 Å². The molecule has 25 heavy (non-hydrogen) atoms. The number of aromatic nitrogens is 3. The number of H-pyrrole nitrogens is 1. The number of hydrogen-bond acceptors (Lipinski definition) is 2. The van der Waals surface area contributed by atoms with Crippen LogP contribution in [0.4, 0.5) is 0 Å². The number of fused-ring (bicyclic) bond motifs is 1. The molecule has 1 amide bonds. The Bertz CT molecular complexity index is 919. The second-order valence-corrected chi connectivity index (χ2v) is 6.55. The molecule has 0 bridgehead atoms. The number of hydrogen-bond donors (Lipinski definition) is 2. The van der Waals surface area contributed by atoms with Gasteiger partial charge in [-0.05, 0) is 51.8 Å². The molecular weight excluding hydrogens is 312 g/mol. The number of rotatable bonds is 5. The van der Waals surface area contributed by atoms with Crippen LogP contribution in [0.15, 0.2) is 24.3 Å². The van der Waals surface area contributed by atoms with E-state index in [1.165, 1.54) is 0 Å². The smallest absolute Gasteiger partial charge is 0.268 e. The molecule has 0 aliphatic rings. The van der Waals surface area contributed by atoms with Gasteiger partial charge in [0, 0.05) is 28.7 Å². The molecule has 1 atom stereocenters. The van der Waals surface area contributed by atoms with Gasteiger partial charge >= 0.3 is 0 Å². The SMILES string of the molecule is CCC(NC(=O)c1cc2c(C)cccc2[nH]1)c1c(C)nn(CC)c1C. The topological polar surface area (TPSA) is 62.7 Å². The molecule has 0 fully saturated rings. The number of carbonyl (C=O) groups excluding carboxylic acids is 1. The van der Waals surface area contributed by atoms with Crippen LogP contribution in [0.2, 0.25) is 0 Å². The van der Waals surface area contributed by atoms with Crippen molar-refractivity contribution in [1.29, 1.82) is 0 Å². The van der Waals surface area contributed by atoms with Crippen LogP contribution in [-0.2, 0) is 6.54 Å². The first kappa shape index (κ1) is 17.3. The predicted molar refractivity (Wildman–Crippen MR) is 101 cm³/mol. The summed E-state index contributed by atoms with van der Waals surface area (Å²) in [6.07, 6.45) is 0.822. The van der Waals surface area contributed by atoms with E-state index in [0.717, 1.165) is 46.4 Å². The van der Waals surface area contributed by atoms with Crippen molar-refractivity contribution in [2.24, 2.45) is 0 Å². The Kier molecular flexibility index (Phi) is 4.66. The van der Waals surface area contributed by atoms with Crippen LogP contribution in [0, 0.1) is 20.8 Å². The maximum Gasteiger partial charge on any atom is 0.268 e. The third-order valence-electron chi connectivity index (χ3n) is 4.93. The van der Waals surface area contributed by atoms with E-state index in [0.29, 0.717) is 5.69 Å². The lowest BCUT2D eigenvalue weighted by molar-refractivity contribution is 0.0931. The molecular formula is C20H26N4O. The maximum absolute atomic E-state index is 12.8. The van der Waals surface area contributed by atoms with E-state index in [-0.39, 0.29) is 11.9 Å². The average Bonchev–Trinajstić information content (AvgIpc) is 3.15. The van der Waals surface area contributed by atoms with Gasteiger partial charge in [-0.3, -0.25) is 9.48 Å². The van der Waals surface area contributed by atoms with E-state index in [1.54, 1.807) is 0 Å². The minimum atomic E-state index is -0.0782. The fourth-order valence-electron chi connectivity index (χ4n) is 3.57. The molecule has 3 aromatic rings. The molecule has 0 aliphatic carbocycles. The molecule has 0 saturated carbocycles. The summed E-state index contributed by atoms with van der Waals surface area (Å²) in [5, 5.41) is 8.85. The van der Waals surface area contributed by atoms with Gasteiger partial charge in [-0.25, -0.2) is 0 Å². The van der Waals surface area contributed by atoms with Gasteiger partial charge in [0.1, 0.15) is 5.69 Å². The molecule has 2 heterocycles. The van der Waals surface area contributed by atoms with Crippen molar-refractivity contribution in [1.82, 2.24) is 20.1 Å². The molecule has 3 rings (SSSR count). The van der Waals surface area contributed by atoms with E-state index in [1.807, 2.05) is 29.8 Å². The first-order valence-corrected chi connectivity index (χ1v) is 8.89. The number of amides is 1. The van der Waals surface area contributed by atoms with Crippen molar-refractivity contribution in [3.05, 3.63) is 52.5 Å². The first-order valence-electron chi connectivity index (χ1n) is 8.89. The van der Waals surface area contributed by atoms with Crippen molar-refractivity contribution < 1.29 is 4.79 Å². The summed E-state index contributed by atoms with van der Waals surface area (Å²) in [6, 6.07) is 7.94. The molecule has 2 N–H and O–H groups in total. The summed E-state index contributed by atoms with van der Waals surface area (Å²) in [6.45, 7) is 11.1. The number of benzene rings is 1. The van der Waals surface area contributed by atoms with E-state index in [9.17, 15) is 4.79 Å². The van der Waals surface area contributed by atoms with Crippen LogP contribution in [0.3, 0.4) is 0 Å². The van der Waals surface area contributed by atoms with E-state index >= 15 is 0 Å². The molecule has 132 valence electrons. The summed E-state index contributed by atoms with van der Waals surface area (Å²) in [5.74, 6) is -0.0782. The van der Waals surface area contributed by atoms with Crippen LogP contribution >= 0.6 is 0 Å². The molecule has 0 radical (unpaired) electrons. The van der Waals surface area contributed by atoms with Crippen molar-refractivity contribution in [2.45, 2.75) is 53.6 Å². The molecule has 1 unspecified atom stereocenters. The Morgan fingerprint density at radius 2 is 2.04 bits per heavy atom. The largest absolute Gasteiger partial charge is 0.351 e. The highest BCUT2D eigenvalue weighted by Crippen LogP contribution is 2.25. The van der Waals surface area contributed by atoms with Crippen LogP contribution < -0.4 is 5.32 Å². The van der Waals surface area contributed by atoms with Crippen molar-refractivity contribution in [3.8, 4) is 0 Å². The van der Waals surface area contributed by atoms with Gasteiger partial charge in [0.15, 0.2) is 0 Å². The highest BCUT2D eigenvalue weighted by atomic mass is 16.1. The monoisotopic (exact) mass is 338 g/mol. The van der Waals surface area contributed by atoms with Crippen LogP contribution in [0.25, 0.3) is 10.9 Å². The lowest BCUT2D eigenvalue weighted by Gasteiger charge is -2.17. The Morgan fingerprint density at radius 1 is 1.28 bits per heavy atom. The number of nitrogens with one attached hydrogen (secondary N) is 2. The highest BCUT2D eigenvalue weighted by molar-refractivity contribution is 5.99. The molecule has 5 nitrogen and oxygen atoms in total. The minimum absolute atomic E-state index is 0.0414. The van der Waals surface area contributed by atoms with Gasteiger partial charge in [-0.15, -0.1) is 0 Å². The first-order chi connectivity index (χ1) is 12.0. The average molecular weight is 338 g/mol. The number of aromatic amines is 1. The van der Waals surface area contributed by atoms with Crippen molar-refractivity contribution in [2.75, 3.05) is 0 Å². The summed E-state index contributed by atoms with van der Waals surface area (Å²) in [5.41, 5.74) is 5.99. The van der Waals surface area contributed by atoms with Gasteiger partial charge in [-0.2, -0.15) is 5.10 Å². The minimum Gasteiger partial charge on any atom is -0.351 e. The number of carbonyl (C=O) groups is 1. The standard InChI is InChI=1S/C20H26N4O/c1-6-16(19-13(4)23-24(7-2)14(19)5)22-20(25)18-11-15-12(3)9-8-10-17(15)21-18/h8-11,16,21H,6-7H2,1-5H3,(H,22,25). The van der Waals surface area contributed by atoms with Gasteiger partial charge in [0.25, 0.3) is 5.91 Å². The molecule has 0 spiro atoms. The molecule has 0 saturated heterocycles. The van der Waals surface area contributed by atoms with E-state index in [4.69, 9.17) is 0 Å². The second-order valence-electron chi connectivity index (χ2n) is 6.55. The summed E-state index contributed by atoms with van der Waals surface area (Å²) < 4.78 is 1.99. The Labute approximate surface area is 148 Å². The normalized spacial score (nSPS) is 12.5. The fraction of sp³-hybridized carbons (Fsp3) is 0.400. The lowest BCUT2D eigenvalue weighted by Crippen LogP contribution is -2.29. The zero-order valence-electron chi connectivity index (χ0n) is 15.6. The van der Waals surface area contributed by atoms with Crippen LogP contribution in [0.1, 0.15) is 59.3 Å². The third-order valence-corrected chi connectivity index (χ3v) is 4.93.